The first kappa shape index (κ1) is 57.1. The minimum atomic E-state index is -1.61. The van der Waals surface area contributed by atoms with Crippen molar-refractivity contribution >= 4 is 5.91 Å². The molecule has 0 radical (unpaired) electrons. The molecule has 11 heteroatoms. The number of ether oxygens (including phenoxy) is 2. The minimum Gasteiger partial charge on any atom is -0.394 e. The third kappa shape index (κ3) is 28.7. The molecular weight excluding hydrogens is 761 g/mol. The summed E-state index contributed by atoms with van der Waals surface area (Å²) in [5.41, 5.74) is 0. The second kappa shape index (κ2) is 39.7. The number of hydrogen-bond donors (Lipinski definition) is 7. The van der Waals surface area contributed by atoms with Crippen LogP contribution in [0.25, 0.3) is 0 Å². The normalized spacial score (nSPS) is 21.1. The number of aliphatic hydroxyl groups excluding tert-OH is 6. The number of carbonyl (C=O) groups is 1. The summed E-state index contributed by atoms with van der Waals surface area (Å²) in [6.45, 7) is 9.55. The molecule has 0 bridgehead atoms. The molecule has 11 nitrogen and oxygen atoms in total. The zero-order chi connectivity index (χ0) is 44.1. The summed E-state index contributed by atoms with van der Waals surface area (Å²) in [7, 11) is 0. The lowest BCUT2D eigenvalue weighted by Crippen LogP contribution is -2.60. The topological polar surface area (TPSA) is 172 Å². The first-order valence-electron chi connectivity index (χ1n) is 25.5. The fraction of sp³-hybridized carbons (Fsp3) is 0.980. The van der Waals surface area contributed by atoms with E-state index in [4.69, 9.17) is 9.47 Å². The van der Waals surface area contributed by atoms with E-state index in [1.54, 1.807) is 0 Å². The van der Waals surface area contributed by atoms with Gasteiger partial charge in [0.2, 0.25) is 5.91 Å². The molecule has 0 aliphatic carbocycles. The number of unbranched alkanes of at least 4 members (excludes halogenated alkanes) is 26. The number of aliphatic hydroxyl groups is 6. The van der Waals surface area contributed by atoms with Gasteiger partial charge < -0.3 is 50.3 Å². The van der Waals surface area contributed by atoms with Crippen LogP contribution < -0.4 is 5.32 Å². The fourth-order valence-corrected chi connectivity index (χ4v) is 8.44. The molecule has 358 valence electrons. The van der Waals surface area contributed by atoms with Gasteiger partial charge in [-0.1, -0.05) is 188 Å². The van der Waals surface area contributed by atoms with Gasteiger partial charge in [-0.3, -0.25) is 4.79 Å². The fourth-order valence-electron chi connectivity index (χ4n) is 8.44. The highest BCUT2D eigenvalue weighted by atomic mass is 16.7. The minimum absolute atomic E-state index is 0.255. The number of nitrogens with zero attached hydrogens (tertiary/aromatic N) is 1. The van der Waals surface area contributed by atoms with Gasteiger partial charge in [0, 0.05) is 6.42 Å². The van der Waals surface area contributed by atoms with Gasteiger partial charge in [-0.15, -0.1) is 0 Å². The number of amides is 1. The molecule has 60 heavy (non-hydrogen) atoms. The maximum Gasteiger partial charge on any atom is 0.220 e. The van der Waals surface area contributed by atoms with E-state index in [0.717, 1.165) is 44.9 Å². The predicted molar refractivity (Wildman–Crippen MR) is 245 cm³/mol. The summed E-state index contributed by atoms with van der Waals surface area (Å²) in [6, 6.07) is -0.992. The first-order chi connectivity index (χ1) is 29.2. The van der Waals surface area contributed by atoms with Gasteiger partial charge in [0.05, 0.1) is 25.4 Å². The van der Waals surface area contributed by atoms with Gasteiger partial charge in [0.25, 0.3) is 0 Å². The van der Waals surface area contributed by atoms with Crippen molar-refractivity contribution in [2.75, 3.05) is 32.8 Å². The van der Waals surface area contributed by atoms with Crippen LogP contribution in [0.15, 0.2) is 0 Å². The molecule has 1 amide bonds. The van der Waals surface area contributed by atoms with E-state index in [0.29, 0.717) is 12.8 Å². The molecule has 1 saturated heterocycles. The van der Waals surface area contributed by atoms with Crippen molar-refractivity contribution in [3.8, 4) is 0 Å². The molecule has 0 spiro atoms. The first-order valence-corrected chi connectivity index (χ1v) is 25.5. The quantitative estimate of drug-likeness (QED) is 0.0294. The summed E-state index contributed by atoms with van der Waals surface area (Å²) in [6.07, 6.45) is 27.5. The molecule has 1 rings (SSSR count). The Morgan fingerprint density at radius 1 is 0.567 bits per heavy atom. The Balaban J connectivity index is 2.48. The summed E-state index contributed by atoms with van der Waals surface area (Å²) in [5, 5.41) is 65.5. The Labute approximate surface area is 368 Å². The molecule has 8 atom stereocenters. The van der Waals surface area contributed by atoms with E-state index in [2.05, 4.69) is 31.0 Å². The second-order valence-corrected chi connectivity index (χ2v) is 18.2. The van der Waals surface area contributed by atoms with Gasteiger partial charge >= 0.3 is 0 Å². The molecular formula is C49H98N2O9. The third-order valence-corrected chi connectivity index (χ3v) is 12.6. The van der Waals surface area contributed by atoms with Gasteiger partial charge in [-0.25, -0.2) is 0 Å². The molecule has 0 aromatic carbocycles. The van der Waals surface area contributed by atoms with Gasteiger partial charge in [-0.2, -0.15) is 0 Å². The molecule has 0 unspecified atom stereocenters. The third-order valence-electron chi connectivity index (χ3n) is 12.6. The van der Waals surface area contributed by atoms with Crippen LogP contribution in [-0.4, -0.2) is 123 Å². The molecule has 0 aromatic heterocycles. The van der Waals surface area contributed by atoms with Crippen molar-refractivity contribution in [2.45, 2.75) is 275 Å². The highest BCUT2D eigenvalue weighted by Gasteiger charge is 2.44. The predicted octanol–water partition coefficient (Wildman–Crippen LogP) is 8.85. The number of rotatable bonds is 43. The Morgan fingerprint density at radius 3 is 1.40 bits per heavy atom. The van der Waals surface area contributed by atoms with Crippen LogP contribution in [-0.2, 0) is 14.3 Å². The summed E-state index contributed by atoms with van der Waals surface area (Å²) < 4.78 is 11.2. The lowest BCUT2D eigenvalue weighted by atomic mass is 9.98. The number of nitrogens with one attached hydrogen (secondary N) is 1. The Kier molecular flexibility index (Phi) is 37.8. The molecule has 1 heterocycles. The second-order valence-electron chi connectivity index (χ2n) is 18.2. The van der Waals surface area contributed by atoms with E-state index in [1.807, 2.05) is 0 Å². The van der Waals surface area contributed by atoms with Crippen molar-refractivity contribution in [1.29, 1.82) is 0 Å². The van der Waals surface area contributed by atoms with Crippen LogP contribution in [0.2, 0.25) is 0 Å². The van der Waals surface area contributed by atoms with Crippen molar-refractivity contribution in [3.05, 3.63) is 0 Å². The van der Waals surface area contributed by atoms with Crippen LogP contribution >= 0.6 is 0 Å². The molecule has 7 N–H and O–H groups in total. The van der Waals surface area contributed by atoms with E-state index in [-0.39, 0.29) is 18.9 Å². The Bertz CT molecular complexity index is 932. The lowest BCUT2D eigenvalue weighted by molar-refractivity contribution is -0.303. The van der Waals surface area contributed by atoms with E-state index >= 15 is 0 Å². The van der Waals surface area contributed by atoms with Crippen molar-refractivity contribution in [2.24, 2.45) is 0 Å². The van der Waals surface area contributed by atoms with E-state index in [9.17, 15) is 35.4 Å². The van der Waals surface area contributed by atoms with Crippen LogP contribution in [0.3, 0.4) is 0 Å². The maximum absolute atomic E-state index is 13.1. The Hall–Kier alpha value is -0.890. The van der Waals surface area contributed by atoms with Crippen LogP contribution in [0.1, 0.15) is 226 Å². The zero-order valence-corrected chi connectivity index (χ0v) is 39.1. The summed E-state index contributed by atoms with van der Waals surface area (Å²) in [5.74, 6) is -0.255. The van der Waals surface area contributed by atoms with Crippen LogP contribution in [0, 0.1) is 0 Å². The number of hydrogen-bond acceptors (Lipinski definition) is 10. The van der Waals surface area contributed by atoms with Crippen molar-refractivity contribution in [3.63, 3.8) is 0 Å². The largest absolute Gasteiger partial charge is 0.394 e. The van der Waals surface area contributed by atoms with Crippen LogP contribution in [0.5, 0.6) is 0 Å². The maximum atomic E-state index is 13.1. The average molecular weight is 859 g/mol. The molecule has 1 aliphatic rings. The van der Waals surface area contributed by atoms with Crippen molar-refractivity contribution < 1.29 is 44.9 Å². The molecule has 1 aliphatic heterocycles. The summed E-state index contributed by atoms with van der Waals surface area (Å²) in [4.78, 5) is 15.8. The van der Waals surface area contributed by atoms with E-state index < -0.39 is 55.6 Å². The highest BCUT2D eigenvalue weighted by molar-refractivity contribution is 5.76. The van der Waals surface area contributed by atoms with Gasteiger partial charge in [0.1, 0.15) is 30.5 Å². The van der Waals surface area contributed by atoms with Crippen LogP contribution in [0.4, 0.5) is 0 Å². The Morgan fingerprint density at radius 2 is 0.967 bits per heavy atom. The van der Waals surface area contributed by atoms with E-state index in [1.165, 1.54) is 161 Å². The van der Waals surface area contributed by atoms with Gasteiger partial charge in [-0.05, 0) is 51.7 Å². The highest BCUT2D eigenvalue weighted by Crippen LogP contribution is 2.23. The zero-order valence-electron chi connectivity index (χ0n) is 39.1. The van der Waals surface area contributed by atoms with Gasteiger partial charge in [0.15, 0.2) is 6.29 Å². The SMILES string of the molecule is CCCCCCCCCCCCCCC[C@@H](O)[C@@H](O)[C@H](CO[C@H]1O[C@H](CO)[C@H](O)[C@H](O)[C@H]1O)NC(=O)CCCCCCCCCN(CCCCCCC)CCCCCCC. The standard InChI is InChI=1S/C49H98N2O9/c1-4-7-10-13-14-15-16-17-18-19-21-24-29-34-42(53)45(55)41(40-59-49-48(58)47(57)46(56)43(39-52)60-49)50-44(54)35-30-25-22-20-23-28-33-38-51(36-31-26-11-8-5-2)37-32-27-12-9-6-3/h41-43,45-49,52-53,55-58H,4-40H2,1-3H3,(H,50,54)/t41-,42+,43+,45-,46-,47-,48+,49-/m0/s1. The smallest absolute Gasteiger partial charge is 0.220 e. The monoisotopic (exact) mass is 859 g/mol. The average Bonchev–Trinajstić information content (AvgIpc) is 3.24. The summed E-state index contributed by atoms with van der Waals surface area (Å²) >= 11 is 0. The van der Waals surface area contributed by atoms with Crippen molar-refractivity contribution in [1.82, 2.24) is 10.2 Å². The molecule has 0 saturated carbocycles. The lowest BCUT2D eigenvalue weighted by Gasteiger charge is -2.40. The molecule has 0 aromatic rings. The molecule has 1 fully saturated rings. The number of carbonyl (C=O) groups excluding carboxylic acids is 1.